The van der Waals surface area contributed by atoms with Crippen molar-refractivity contribution in [1.82, 2.24) is 10.6 Å². The summed E-state index contributed by atoms with van der Waals surface area (Å²) < 4.78 is 10.5. The Kier molecular flexibility index (Phi) is 11.4. The average Bonchev–Trinajstić information content (AvgIpc) is 2.54. The third-order valence-corrected chi connectivity index (χ3v) is 3.60. The zero-order chi connectivity index (χ0) is 23.5. The minimum absolute atomic E-state index is 0.151. The molecule has 5 N–H and O–H groups in total. The van der Waals surface area contributed by atoms with Crippen LogP contribution < -0.4 is 16.4 Å². The molecule has 0 aromatic heterocycles. The number of carboxylic acid groups (broad SMARTS) is 1. The molecule has 0 aromatic carbocycles. The molecule has 0 heterocycles. The molecular formula is C20H37N3O7. The van der Waals surface area contributed by atoms with Crippen LogP contribution >= 0.6 is 0 Å². The quantitative estimate of drug-likeness (QED) is 0.284. The van der Waals surface area contributed by atoms with Gasteiger partial charge < -0.3 is 30.9 Å². The van der Waals surface area contributed by atoms with Gasteiger partial charge in [0.2, 0.25) is 0 Å². The van der Waals surface area contributed by atoms with Gasteiger partial charge in [-0.15, -0.1) is 0 Å². The van der Waals surface area contributed by atoms with Crippen LogP contribution in [0.1, 0.15) is 73.6 Å². The van der Waals surface area contributed by atoms with Crippen LogP contribution in [0.25, 0.3) is 0 Å². The molecule has 0 aliphatic rings. The summed E-state index contributed by atoms with van der Waals surface area (Å²) in [5.41, 5.74) is 4.04. The maximum atomic E-state index is 12.4. The van der Waals surface area contributed by atoms with E-state index in [4.69, 9.17) is 15.2 Å². The maximum absolute atomic E-state index is 12.4. The van der Waals surface area contributed by atoms with Gasteiger partial charge >= 0.3 is 23.9 Å². The van der Waals surface area contributed by atoms with Gasteiger partial charge in [0.15, 0.2) is 0 Å². The van der Waals surface area contributed by atoms with Crippen LogP contribution in [0.15, 0.2) is 0 Å². The van der Waals surface area contributed by atoms with Crippen molar-refractivity contribution in [3.05, 3.63) is 0 Å². The molecule has 0 saturated heterocycles. The van der Waals surface area contributed by atoms with Crippen LogP contribution in [0, 0.1) is 0 Å². The van der Waals surface area contributed by atoms with Gasteiger partial charge in [-0.2, -0.15) is 0 Å². The Hall–Kier alpha value is -2.36. The molecule has 2 atom stereocenters. The fraction of sp³-hybridized carbons (Fsp3) is 0.800. The lowest BCUT2D eigenvalue weighted by Gasteiger charge is -2.25. The number of aliphatic carboxylic acids is 1. The second-order valence-corrected chi connectivity index (χ2v) is 9.00. The van der Waals surface area contributed by atoms with E-state index in [0.717, 1.165) is 0 Å². The fourth-order valence-electron chi connectivity index (χ4n) is 2.38. The Bertz CT molecular complexity index is 594. The van der Waals surface area contributed by atoms with Crippen molar-refractivity contribution in [1.29, 1.82) is 0 Å². The second-order valence-electron chi connectivity index (χ2n) is 9.00. The van der Waals surface area contributed by atoms with E-state index in [-0.39, 0.29) is 12.8 Å². The first-order valence-corrected chi connectivity index (χ1v) is 10.1. The molecule has 0 rings (SSSR count). The number of urea groups is 1. The molecule has 0 unspecified atom stereocenters. The summed E-state index contributed by atoms with van der Waals surface area (Å²) >= 11 is 0. The number of rotatable bonds is 11. The van der Waals surface area contributed by atoms with Gasteiger partial charge in [-0.1, -0.05) is 0 Å². The van der Waals surface area contributed by atoms with E-state index in [2.05, 4.69) is 10.6 Å². The molecule has 10 heteroatoms. The molecule has 0 saturated carbocycles. The highest BCUT2D eigenvalue weighted by Gasteiger charge is 2.28. The normalized spacial score (nSPS) is 13.7. The largest absolute Gasteiger partial charge is 0.480 e. The van der Waals surface area contributed by atoms with Crippen molar-refractivity contribution in [3.63, 3.8) is 0 Å². The van der Waals surface area contributed by atoms with Crippen molar-refractivity contribution in [3.8, 4) is 0 Å². The molecule has 0 radical (unpaired) electrons. The van der Waals surface area contributed by atoms with E-state index in [1.807, 2.05) is 0 Å². The van der Waals surface area contributed by atoms with E-state index in [1.165, 1.54) is 0 Å². The minimum atomic E-state index is -1.32. The first kappa shape index (κ1) is 27.6. The average molecular weight is 432 g/mol. The summed E-state index contributed by atoms with van der Waals surface area (Å²) in [6.07, 6.45) is 1.22. The highest BCUT2D eigenvalue weighted by Crippen LogP contribution is 2.12. The Labute approximate surface area is 178 Å². The van der Waals surface area contributed by atoms with Crippen molar-refractivity contribution >= 4 is 23.9 Å². The number of hydrogen-bond acceptors (Lipinski definition) is 7. The van der Waals surface area contributed by atoms with Crippen LogP contribution in [0.5, 0.6) is 0 Å². The predicted molar refractivity (Wildman–Crippen MR) is 111 cm³/mol. The standard InChI is InChI=1S/C20H37N3O7/c1-19(2,3)29-15(24)11-10-13(16(25)26)22-18(28)23-14(9-7-8-12-21)17(27)30-20(4,5)6/h13-14H,7-12,21H2,1-6H3,(H,25,26)(H2,22,23,28)/t13-,14-/m0/s1. The lowest BCUT2D eigenvalue weighted by atomic mass is 10.1. The molecule has 0 bridgehead atoms. The van der Waals surface area contributed by atoms with Crippen molar-refractivity contribution in [2.45, 2.75) is 96.9 Å². The molecule has 0 aliphatic carbocycles. The van der Waals surface area contributed by atoms with Crippen LogP contribution in [-0.4, -0.2) is 58.9 Å². The predicted octanol–water partition coefficient (Wildman–Crippen LogP) is 1.70. The van der Waals surface area contributed by atoms with Crippen molar-refractivity contribution in [2.75, 3.05) is 6.54 Å². The number of nitrogens with one attached hydrogen (secondary N) is 2. The molecule has 10 nitrogen and oxygen atoms in total. The van der Waals surface area contributed by atoms with Crippen LogP contribution in [0.4, 0.5) is 4.79 Å². The second kappa shape index (κ2) is 12.4. The van der Waals surface area contributed by atoms with Gasteiger partial charge in [0, 0.05) is 6.42 Å². The number of carbonyl (C=O) groups is 4. The summed E-state index contributed by atoms with van der Waals surface area (Å²) in [4.78, 5) is 47.9. The molecule has 0 spiro atoms. The first-order chi connectivity index (χ1) is 13.6. The Balaban J connectivity index is 4.93. The zero-order valence-electron chi connectivity index (χ0n) is 18.9. The number of carbonyl (C=O) groups excluding carboxylic acids is 3. The fourth-order valence-corrected chi connectivity index (χ4v) is 2.38. The third kappa shape index (κ3) is 13.8. The van der Waals surface area contributed by atoms with Crippen molar-refractivity contribution in [2.24, 2.45) is 5.73 Å². The molecule has 30 heavy (non-hydrogen) atoms. The Morgan fingerprint density at radius 2 is 1.40 bits per heavy atom. The SMILES string of the molecule is CC(C)(C)OC(=O)CC[C@H](NC(=O)N[C@@H](CCCCN)C(=O)OC(C)(C)C)C(=O)O. The Morgan fingerprint density at radius 1 is 0.867 bits per heavy atom. The lowest BCUT2D eigenvalue weighted by Crippen LogP contribution is -2.52. The number of carboxylic acids is 1. The van der Waals surface area contributed by atoms with Crippen LogP contribution in [0.3, 0.4) is 0 Å². The lowest BCUT2D eigenvalue weighted by molar-refractivity contribution is -0.157. The van der Waals surface area contributed by atoms with Gasteiger partial charge in [-0.05, 0) is 73.8 Å². The molecule has 0 aliphatic heterocycles. The van der Waals surface area contributed by atoms with Gasteiger partial charge in [0.05, 0.1) is 0 Å². The zero-order valence-corrected chi connectivity index (χ0v) is 18.9. The first-order valence-electron chi connectivity index (χ1n) is 10.1. The van der Waals surface area contributed by atoms with Gasteiger partial charge in [-0.3, -0.25) is 4.79 Å². The third-order valence-electron chi connectivity index (χ3n) is 3.60. The molecule has 0 fully saturated rings. The number of esters is 2. The molecule has 0 aromatic rings. The Morgan fingerprint density at radius 3 is 1.87 bits per heavy atom. The number of amides is 2. The maximum Gasteiger partial charge on any atom is 0.329 e. The number of unbranched alkanes of at least 4 members (excludes halogenated alkanes) is 1. The molecular weight excluding hydrogens is 394 g/mol. The van der Waals surface area contributed by atoms with Gasteiger partial charge in [0.1, 0.15) is 23.3 Å². The highest BCUT2D eigenvalue weighted by molar-refractivity contribution is 5.87. The van der Waals surface area contributed by atoms with Gasteiger partial charge in [-0.25, -0.2) is 14.4 Å². The summed E-state index contributed by atoms with van der Waals surface area (Å²) in [6.45, 7) is 10.7. The van der Waals surface area contributed by atoms with Gasteiger partial charge in [0.25, 0.3) is 0 Å². The summed E-state index contributed by atoms with van der Waals surface area (Å²) in [5, 5.41) is 14.1. The minimum Gasteiger partial charge on any atom is -0.480 e. The van der Waals surface area contributed by atoms with E-state index < -0.39 is 47.2 Å². The summed E-state index contributed by atoms with van der Waals surface area (Å²) in [7, 11) is 0. The van der Waals surface area contributed by atoms with E-state index in [9.17, 15) is 24.3 Å². The van der Waals surface area contributed by atoms with Crippen LogP contribution in [0.2, 0.25) is 0 Å². The molecule has 174 valence electrons. The summed E-state index contributed by atoms with van der Waals surface area (Å²) in [6, 6.07) is -3.10. The number of ether oxygens (including phenoxy) is 2. The monoisotopic (exact) mass is 431 g/mol. The highest BCUT2D eigenvalue weighted by atomic mass is 16.6. The number of hydrogen-bond donors (Lipinski definition) is 4. The molecule has 2 amide bonds. The van der Waals surface area contributed by atoms with Crippen LogP contribution in [-0.2, 0) is 23.9 Å². The smallest absolute Gasteiger partial charge is 0.329 e. The van der Waals surface area contributed by atoms with Crippen molar-refractivity contribution < 1.29 is 33.8 Å². The van der Waals surface area contributed by atoms with E-state index >= 15 is 0 Å². The summed E-state index contributed by atoms with van der Waals surface area (Å²) in [5.74, 6) is -2.48. The van der Waals surface area contributed by atoms with E-state index in [0.29, 0.717) is 25.8 Å². The van der Waals surface area contributed by atoms with E-state index in [1.54, 1.807) is 41.5 Å². The number of nitrogens with two attached hydrogens (primary N) is 1. The topological polar surface area (TPSA) is 157 Å².